The summed E-state index contributed by atoms with van der Waals surface area (Å²) in [6.45, 7) is 9.32. The van der Waals surface area contributed by atoms with Crippen LogP contribution in [0.5, 0.6) is 0 Å². The van der Waals surface area contributed by atoms with E-state index in [-0.39, 0.29) is 0 Å². The Morgan fingerprint density at radius 1 is 1.00 bits per heavy atom. The number of rotatable bonds is 7. The van der Waals surface area contributed by atoms with E-state index in [0.29, 0.717) is 0 Å². The van der Waals surface area contributed by atoms with Gasteiger partial charge in [0.1, 0.15) is 17.8 Å². The number of fused-ring (bicyclic) bond motifs is 2. The number of hydrogen-bond donors (Lipinski definition) is 2. The molecule has 5 heterocycles. The van der Waals surface area contributed by atoms with E-state index >= 15 is 0 Å². The number of H-pyrrole nitrogens is 1. The quantitative estimate of drug-likeness (QED) is 0.407. The Bertz CT molecular complexity index is 1330. The van der Waals surface area contributed by atoms with Gasteiger partial charge >= 0.3 is 0 Å². The van der Waals surface area contributed by atoms with Gasteiger partial charge in [0.2, 0.25) is 0 Å². The molecule has 0 bridgehead atoms. The third-order valence-electron chi connectivity index (χ3n) is 7.20. The summed E-state index contributed by atoms with van der Waals surface area (Å²) in [4.78, 5) is 24.5. The van der Waals surface area contributed by atoms with Crippen LogP contribution in [-0.2, 0) is 0 Å². The number of anilines is 2. The molecular formula is C26H32N8S. The van der Waals surface area contributed by atoms with Crippen molar-refractivity contribution in [2.45, 2.75) is 12.8 Å². The van der Waals surface area contributed by atoms with Crippen LogP contribution in [0.25, 0.3) is 26.8 Å². The molecule has 0 amide bonds. The largest absolute Gasteiger partial charge is 0.340 e. The van der Waals surface area contributed by atoms with Gasteiger partial charge in [-0.25, -0.2) is 15.0 Å². The Balaban J connectivity index is 1.09. The molecule has 182 valence electrons. The van der Waals surface area contributed by atoms with Crippen LogP contribution < -0.4 is 5.32 Å². The van der Waals surface area contributed by atoms with Gasteiger partial charge in [0.15, 0.2) is 0 Å². The highest BCUT2D eigenvalue weighted by molar-refractivity contribution is 7.16. The third-order valence-corrected chi connectivity index (χ3v) is 8.00. The second-order valence-electron chi connectivity index (χ2n) is 9.61. The van der Waals surface area contributed by atoms with Crippen molar-refractivity contribution in [1.82, 2.24) is 34.6 Å². The van der Waals surface area contributed by atoms with Crippen LogP contribution in [0.3, 0.4) is 0 Å². The van der Waals surface area contributed by atoms with Crippen LogP contribution in [0.2, 0.25) is 0 Å². The molecule has 1 aromatic carbocycles. The molecule has 1 saturated heterocycles. The summed E-state index contributed by atoms with van der Waals surface area (Å²) in [5.41, 5.74) is 7.30. The number of benzene rings is 1. The predicted octanol–water partition coefficient (Wildman–Crippen LogP) is 4.04. The molecule has 35 heavy (non-hydrogen) atoms. The number of thiazole rings is 1. The summed E-state index contributed by atoms with van der Waals surface area (Å²) in [7, 11) is 2.22. The lowest BCUT2D eigenvalue weighted by Gasteiger charge is -2.33. The summed E-state index contributed by atoms with van der Waals surface area (Å²) in [5.74, 6) is 0.823. The van der Waals surface area contributed by atoms with Crippen LogP contribution in [-0.4, -0.2) is 94.0 Å². The average molecular weight is 489 g/mol. The fourth-order valence-corrected chi connectivity index (χ4v) is 5.75. The molecule has 6 rings (SSSR count). The van der Waals surface area contributed by atoms with E-state index in [9.17, 15) is 0 Å². The molecule has 2 aliphatic rings. The first-order valence-electron chi connectivity index (χ1n) is 12.5. The summed E-state index contributed by atoms with van der Waals surface area (Å²) in [6.07, 6.45) is 6.30. The Morgan fingerprint density at radius 2 is 1.89 bits per heavy atom. The topological polar surface area (TPSA) is 76.2 Å². The SMILES string of the molecule is CN1CCN(CCCN2CC=C(c3cc4c(Nc5ccc6ncsc6c5)ncnc4[nH]3)CC2)CC1. The number of aromatic nitrogens is 4. The molecule has 0 atom stereocenters. The van der Waals surface area contributed by atoms with Gasteiger partial charge in [-0.2, -0.15) is 0 Å². The number of nitrogens with one attached hydrogen (secondary N) is 2. The Labute approximate surface area is 209 Å². The van der Waals surface area contributed by atoms with Crippen LogP contribution >= 0.6 is 11.3 Å². The van der Waals surface area contributed by atoms with E-state index in [1.54, 1.807) is 17.7 Å². The molecule has 0 unspecified atom stereocenters. The van der Waals surface area contributed by atoms with E-state index in [4.69, 9.17) is 0 Å². The van der Waals surface area contributed by atoms with Gasteiger partial charge in [-0.05, 0) is 62.8 Å². The smallest absolute Gasteiger partial charge is 0.143 e. The first-order valence-corrected chi connectivity index (χ1v) is 13.4. The normalized spacial score (nSPS) is 18.4. The highest BCUT2D eigenvalue weighted by Crippen LogP contribution is 2.30. The van der Waals surface area contributed by atoms with Crippen molar-refractivity contribution in [3.05, 3.63) is 47.9 Å². The zero-order valence-corrected chi connectivity index (χ0v) is 21.0. The maximum Gasteiger partial charge on any atom is 0.143 e. The van der Waals surface area contributed by atoms with E-state index < -0.39 is 0 Å². The van der Waals surface area contributed by atoms with Gasteiger partial charge in [0, 0.05) is 50.6 Å². The number of piperazine rings is 1. The molecule has 9 heteroatoms. The van der Waals surface area contributed by atoms with E-state index in [0.717, 1.165) is 58.0 Å². The first kappa shape index (κ1) is 22.6. The fraction of sp³-hybridized carbons (Fsp3) is 0.423. The molecule has 1 fully saturated rings. The molecule has 2 N–H and O–H groups in total. The summed E-state index contributed by atoms with van der Waals surface area (Å²) in [6, 6.07) is 8.40. The highest BCUT2D eigenvalue weighted by Gasteiger charge is 2.18. The highest BCUT2D eigenvalue weighted by atomic mass is 32.1. The summed E-state index contributed by atoms with van der Waals surface area (Å²) < 4.78 is 1.16. The van der Waals surface area contributed by atoms with Gasteiger partial charge in [0.25, 0.3) is 0 Å². The minimum atomic E-state index is 0.823. The minimum Gasteiger partial charge on any atom is -0.340 e. The van der Waals surface area contributed by atoms with Crippen molar-refractivity contribution in [2.24, 2.45) is 0 Å². The van der Waals surface area contributed by atoms with Gasteiger partial charge in [-0.1, -0.05) is 6.08 Å². The monoisotopic (exact) mass is 488 g/mol. The van der Waals surface area contributed by atoms with Crippen LogP contribution in [0.4, 0.5) is 11.5 Å². The van der Waals surface area contributed by atoms with Crippen LogP contribution in [0.15, 0.2) is 42.2 Å². The lowest BCUT2D eigenvalue weighted by molar-refractivity contribution is 0.147. The van der Waals surface area contributed by atoms with Gasteiger partial charge < -0.3 is 20.1 Å². The molecule has 0 saturated carbocycles. The van der Waals surface area contributed by atoms with E-state index in [1.165, 1.54) is 51.3 Å². The van der Waals surface area contributed by atoms with E-state index in [1.807, 2.05) is 17.6 Å². The van der Waals surface area contributed by atoms with Gasteiger partial charge in [0.05, 0.1) is 21.1 Å². The number of aromatic amines is 1. The number of likely N-dealkylation sites (N-methyl/N-ethyl adjacent to an activating group) is 1. The van der Waals surface area contributed by atoms with Crippen LogP contribution in [0, 0.1) is 0 Å². The Kier molecular flexibility index (Phi) is 6.47. The lowest BCUT2D eigenvalue weighted by Crippen LogP contribution is -2.45. The third kappa shape index (κ3) is 5.08. The fourth-order valence-electron chi connectivity index (χ4n) is 5.03. The molecule has 0 radical (unpaired) electrons. The maximum absolute atomic E-state index is 4.53. The maximum atomic E-state index is 4.53. The molecule has 2 aliphatic heterocycles. The Hall–Kier alpha value is -2.85. The second kappa shape index (κ2) is 10.0. The zero-order chi connectivity index (χ0) is 23.6. The summed E-state index contributed by atoms with van der Waals surface area (Å²) in [5, 5.41) is 4.49. The van der Waals surface area contributed by atoms with Gasteiger partial charge in [-0.15, -0.1) is 11.3 Å². The van der Waals surface area contributed by atoms with E-state index in [2.05, 4.69) is 65.2 Å². The first-order chi connectivity index (χ1) is 17.2. The zero-order valence-electron chi connectivity index (χ0n) is 20.2. The lowest BCUT2D eigenvalue weighted by atomic mass is 10.0. The number of nitrogens with zero attached hydrogens (tertiary/aromatic N) is 6. The molecular weight excluding hydrogens is 456 g/mol. The second-order valence-corrected chi connectivity index (χ2v) is 10.5. The van der Waals surface area contributed by atoms with Crippen molar-refractivity contribution >= 4 is 49.7 Å². The average Bonchev–Trinajstić information content (AvgIpc) is 3.53. The standard InChI is InChI=1S/C26H32N8S/c1-32-11-13-34(14-12-32)8-2-7-33-9-5-19(6-10-33)23-16-21-25(27-17-28-26(21)31-23)30-20-3-4-22-24(15-20)35-18-29-22/h3-5,15-18H,2,6-14H2,1H3,(H2,27,28,30,31). The minimum absolute atomic E-state index is 0.823. The number of hydrogen-bond acceptors (Lipinski definition) is 8. The van der Waals surface area contributed by atoms with Gasteiger partial charge in [-0.3, -0.25) is 4.90 Å². The molecule has 3 aromatic heterocycles. The van der Waals surface area contributed by atoms with Crippen molar-refractivity contribution in [1.29, 1.82) is 0 Å². The summed E-state index contributed by atoms with van der Waals surface area (Å²) >= 11 is 1.65. The van der Waals surface area contributed by atoms with Crippen molar-refractivity contribution in [3.8, 4) is 0 Å². The predicted molar refractivity (Wildman–Crippen MR) is 144 cm³/mol. The molecule has 0 spiro atoms. The van der Waals surface area contributed by atoms with Crippen molar-refractivity contribution in [3.63, 3.8) is 0 Å². The molecule has 8 nitrogen and oxygen atoms in total. The molecule has 0 aliphatic carbocycles. The van der Waals surface area contributed by atoms with Crippen LogP contribution in [0.1, 0.15) is 18.5 Å². The van der Waals surface area contributed by atoms with Crippen molar-refractivity contribution in [2.75, 3.05) is 64.7 Å². The van der Waals surface area contributed by atoms with Crippen molar-refractivity contribution < 1.29 is 0 Å². The Morgan fingerprint density at radius 3 is 2.74 bits per heavy atom. The molecule has 4 aromatic rings.